The summed E-state index contributed by atoms with van der Waals surface area (Å²) in [5.74, 6) is 1.26. The second-order valence-corrected chi connectivity index (χ2v) is 7.10. The van der Waals surface area contributed by atoms with E-state index in [1.807, 2.05) is 23.9 Å². The standard InChI is InChI=1S/C18H17N9/c1-26-9-23-13-2-10(5-20-17(13)26)14-15-16(22-8-21-15)25-18(24-14)27-6-11-3-19-4-12(11)7-27/h2-3,5,8-9,12,19H,4,6-7H2,1H3,(H,21,22,24,25). The van der Waals surface area contributed by atoms with Crippen molar-refractivity contribution in [2.75, 3.05) is 24.5 Å². The summed E-state index contributed by atoms with van der Waals surface area (Å²) in [4.78, 5) is 28.3. The summed E-state index contributed by atoms with van der Waals surface area (Å²) in [6.45, 7) is 2.77. The molecule has 6 rings (SSSR count). The van der Waals surface area contributed by atoms with Gasteiger partial charge in [0.1, 0.15) is 16.7 Å². The molecule has 0 aliphatic carbocycles. The number of fused-ring (bicyclic) bond motifs is 3. The lowest BCUT2D eigenvalue weighted by Crippen LogP contribution is -2.25. The Morgan fingerprint density at radius 3 is 3.07 bits per heavy atom. The van der Waals surface area contributed by atoms with Crippen LogP contribution in [0, 0.1) is 5.92 Å². The minimum atomic E-state index is 0.543. The van der Waals surface area contributed by atoms with Crippen LogP contribution in [0.1, 0.15) is 0 Å². The molecule has 2 aliphatic rings. The van der Waals surface area contributed by atoms with Crippen LogP contribution in [-0.4, -0.2) is 54.1 Å². The van der Waals surface area contributed by atoms with Gasteiger partial charge in [-0.1, -0.05) is 0 Å². The monoisotopic (exact) mass is 359 g/mol. The van der Waals surface area contributed by atoms with Crippen molar-refractivity contribution in [1.82, 2.24) is 39.8 Å². The fraction of sp³-hybridized carbons (Fsp3) is 0.278. The maximum atomic E-state index is 4.88. The molecule has 1 atom stereocenters. The van der Waals surface area contributed by atoms with Gasteiger partial charge in [0.25, 0.3) is 0 Å². The van der Waals surface area contributed by atoms with E-state index in [-0.39, 0.29) is 0 Å². The van der Waals surface area contributed by atoms with Crippen LogP contribution in [0.4, 0.5) is 5.95 Å². The van der Waals surface area contributed by atoms with Crippen molar-refractivity contribution in [2.24, 2.45) is 13.0 Å². The van der Waals surface area contributed by atoms with Crippen molar-refractivity contribution in [1.29, 1.82) is 0 Å². The predicted molar refractivity (Wildman–Crippen MR) is 101 cm³/mol. The van der Waals surface area contributed by atoms with E-state index < -0.39 is 0 Å². The van der Waals surface area contributed by atoms with E-state index in [0.29, 0.717) is 5.92 Å². The number of aromatic amines is 1. The molecule has 1 fully saturated rings. The first-order valence-corrected chi connectivity index (χ1v) is 8.92. The highest BCUT2D eigenvalue weighted by atomic mass is 15.3. The van der Waals surface area contributed by atoms with Crippen LogP contribution in [0.2, 0.25) is 0 Å². The van der Waals surface area contributed by atoms with Crippen LogP contribution in [-0.2, 0) is 7.05 Å². The van der Waals surface area contributed by atoms with E-state index in [9.17, 15) is 0 Å². The van der Waals surface area contributed by atoms with Crippen molar-refractivity contribution in [3.8, 4) is 11.3 Å². The van der Waals surface area contributed by atoms with Crippen molar-refractivity contribution >= 4 is 28.3 Å². The first-order valence-electron chi connectivity index (χ1n) is 8.92. The number of aromatic nitrogens is 7. The normalized spacial score (nSPS) is 18.9. The van der Waals surface area contributed by atoms with Crippen LogP contribution in [0.25, 0.3) is 33.6 Å². The van der Waals surface area contributed by atoms with Gasteiger partial charge < -0.3 is 19.8 Å². The molecular formula is C18H17N9. The molecule has 0 aromatic carbocycles. The van der Waals surface area contributed by atoms with E-state index in [4.69, 9.17) is 9.97 Å². The third-order valence-corrected chi connectivity index (χ3v) is 5.37. The molecule has 2 N–H and O–H groups in total. The van der Waals surface area contributed by atoms with Crippen molar-refractivity contribution in [2.45, 2.75) is 0 Å². The lowest BCUT2D eigenvalue weighted by Gasteiger charge is -2.17. The van der Waals surface area contributed by atoms with Gasteiger partial charge in [-0.05, 0) is 17.8 Å². The first-order chi connectivity index (χ1) is 13.3. The number of pyridine rings is 1. The molecule has 6 heterocycles. The van der Waals surface area contributed by atoms with Gasteiger partial charge in [0, 0.05) is 44.4 Å². The van der Waals surface area contributed by atoms with E-state index in [0.717, 1.165) is 59.2 Å². The quantitative estimate of drug-likeness (QED) is 0.555. The molecule has 4 aromatic rings. The minimum absolute atomic E-state index is 0.543. The molecule has 27 heavy (non-hydrogen) atoms. The molecule has 0 spiro atoms. The number of H-pyrrole nitrogens is 1. The average molecular weight is 359 g/mol. The molecule has 9 nitrogen and oxygen atoms in total. The molecule has 9 heteroatoms. The molecule has 1 unspecified atom stereocenters. The number of nitrogens with one attached hydrogen (secondary N) is 2. The summed E-state index contributed by atoms with van der Waals surface area (Å²) in [7, 11) is 1.94. The Balaban J connectivity index is 1.50. The summed E-state index contributed by atoms with van der Waals surface area (Å²) in [6.07, 6.45) is 7.38. The molecule has 134 valence electrons. The SMILES string of the molecule is Cn1cnc2cc(-c3nc(N4CC5=CNCC5C4)nc4[nH]cnc34)cnc21. The highest BCUT2D eigenvalue weighted by molar-refractivity contribution is 5.90. The Morgan fingerprint density at radius 2 is 2.15 bits per heavy atom. The number of aryl methyl sites for hydroxylation is 1. The van der Waals surface area contributed by atoms with Crippen molar-refractivity contribution in [3.05, 3.63) is 36.7 Å². The minimum Gasteiger partial charge on any atom is -0.390 e. The van der Waals surface area contributed by atoms with Gasteiger partial charge >= 0.3 is 0 Å². The Morgan fingerprint density at radius 1 is 1.19 bits per heavy atom. The number of imidazole rings is 2. The maximum absolute atomic E-state index is 4.88. The summed E-state index contributed by atoms with van der Waals surface area (Å²) in [6, 6.07) is 2.01. The van der Waals surface area contributed by atoms with E-state index in [1.54, 1.807) is 12.7 Å². The largest absolute Gasteiger partial charge is 0.390 e. The summed E-state index contributed by atoms with van der Waals surface area (Å²) in [5, 5.41) is 3.32. The number of rotatable bonds is 2. The second-order valence-electron chi connectivity index (χ2n) is 7.10. The summed E-state index contributed by atoms with van der Waals surface area (Å²) < 4.78 is 1.90. The molecule has 2 aliphatic heterocycles. The number of anilines is 1. The second kappa shape index (κ2) is 5.26. The van der Waals surface area contributed by atoms with Crippen LogP contribution in [0.15, 0.2) is 36.7 Å². The molecular weight excluding hydrogens is 342 g/mol. The van der Waals surface area contributed by atoms with Crippen LogP contribution in [0.3, 0.4) is 0 Å². The van der Waals surface area contributed by atoms with Crippen molar-refractivity contribution < 1.29 is 0 Å². The van der Waals surface area contributed by atoms with Gasteiger partial charge in [0.2, 0.25) is 5.95 Å². The fourth-order valence-electron chi connectivity index (χ4n) is 3.95. The zero-order valence-corrected chi connectivity index (χ0v) is 14.7. The lowest BCUT2D eigenvalue weighted by molar-refractivity contribution is 0.673. The zero-order valence-electron chi connectivity index (χ0n) is 14.7. The topological polar surface area (TPSA) is 100 Å². The van der Waals surface area contributed by atoms with Gasteiger partial charge in [-0.25, -0.2) is 19.9 Å². The Bertz CT molecular complexity index is 1220. The molecule has 1 saturated heterocycles. The van der Waals surface area contributed by atoms with Gasteiger partial charge in [0.05, 0.1) is 12.7 Å². The molecule has 0 radical (unpaired) electrons. The lowest BCUT2D eigenvalue weighted by atomic mass is 10.1. The van der Waals surface area contributed by atoms with Crippen LogP contribution >= 0.6 is 0 Å². The molecule has 0 saturated carbocycles. The summed E-state index contributed by atoms with van der Waals surface area (Å²) in [5.41, 5.74) is 6.25. The summed E-state index contributed by atoms with van der Waals surface area (Å²) >= 11 is 0. The van der Waals surface area contributed by atoms with Crippen LogP contribution < -0.4 is 10.2 Å². The Kier molecular flexibility index (Phi) is 2.85. The Labute approximate surface area is 154 Å². The zero-order chi connectivity index (χ0) is 18.0. The number of hydrogen-bond donors (Lipinski definition) is 2. The van der Waals surface area contributed by atoms with E-state index in [1.165, 1.54) is 5.57 Å². The molecule has 4 aromatic heterocycles. The van der Waals surface area contributed by atoms with Gasteiger partial charge in [0.15, 0.2) is 11.3 Å². The third kappa shape index (κ3) is 2.14. The smallest absolute Gasteiger partial charge is 0.228 e. The van der Waals surface area contributed by atoms with Gasteiger partial charge in [-0.15, -0.1) is 0 Å². The highest BCUT2D eigenvalue weighted by Crippen LogP contribution is 2.31. The predicted octanol–water partition coefficient (Wildman–Crippen LogP) is 1.22. The third-order valence-electron chi connectivity index (χ3n) is 5.37. The molecule has 0 amide bonds. The van der Waals surface area contributed by atoms with E-state index in [2.05, 4.69) is 36.4 Å². The Hall–Kier alpha value is -3.49. The maximum Gasteiger partial charge on any atom is 0.228 e. The van der Waals surface area contributed by atoms with Gasteiger partial charge in [-0.2, -0.15) is 4.98 Å². The van der Waals surface area contributed by atoms with Crippen LogP contribution in [0.5, 0.6) is 0 Å². The fourth-order valence-corrected chi connectivity index (χ4v) is 3.95. The first kappa shape index (κ1) is 14.7. The van der Waals surface area contributed by atoms with Gasteiger partial charge in [-0.3, -0.25) is 0 Å². The molecule has 0 bridgehead atoms. The number of hydrogen-bond acceptors (Lipinski definition) is 7. The highest BCUT2D eigenvalue weighted by Gasteiger charge is 2.32. The van der Waals surface area contributed by atoms with E-state index >= 15 is 0 Å². The van der Waals surface area contributed by atoms with Crippen molar-refractivity contribution in [3.63, 3.8) is 0 Å². The average Bonchev–Trinajstić information content (AvgIpc) is 3.44. The number of nitrogens with zero attached hydrogens (tertiary/aromatic N) is 7.